The summed E-state index contributed by atoms with van der Waals surface area (Å²) >= 11 is 0. The first-order valence-electron chi connectivity index (χ1n) is 5.70. The molecule has 2 N–H and O–H groups in total. The third kappa shape index (κ3) is 5.53. The summed E-state index contributed by atoms with van der Waals surface area (Å²) in [5.41, 5.74) is -0.661. The SMILES string of the molecule is CC(C(=O)O)C(C)C(C#N)NC(=O)OC(C)(C)C. The van der Waals surface area contributed by atoms with Gasteiger partial charge in [0.1, 0.15) is 11.6 Å². The van der Waals surface area contributed by atoms with E-state index in [2.05, 4.69) is 5.32 Å². The Hall–Kier alpha value is -1.77. The molecule has 0 radical (unpaired) electrons. The molecule has 6 heteroatoms. The molecule has 6 nitrogen and oxygen atoms in total. The van der Waals surface area contributed by atoms with Crippen LogP contribution in [0.2, 0.25) is 0 Å². The van der Waals surface area contributed by atoms with Crippen LogP contribution in [0.5, 0.6) is 0 Å². The topological polar surface area (TPSA) is 99.4 Å². The molecule has 0 aliphatic carbocycles. The summed E-state index contributed by atoms with van der Waals surface area (Å²) in [5.74, 6) is -2.25. The number of ether oxygens (including phenoxy) is 1. The van der Waals surface area contributed by atoms with Crippen molar-refractivity contribution in [1.82, 2.24) is 5.32 Å². The van der Waals surface area contributed by atoms with Crippen LogP contribution in [-0.4, -0.2) is 28.8 Å². The fourth-order valence-corrected chi connectivity index (χ4v) is 1.23. The average molecular weight is 256 g/mol. The van der Waals surface area contributed by atoms with E-state index >= 15 is 0 Å². The molecule has 0 aliphatic heterocycles. The van der Waals surface area contributed by atoms with Crippen molar-refractivity contribution in [2.24, 2.45) is 11.8 Å². The van der Waals surface area contributed by atoms with Crippen molar-refractivity contribution in [2.45, 2.75) is 46.3 Å². The van der Waals surface area contributed by atoms with Crippen LogP contribution in [0.15, 0.2) is 0 Å². The van der Waals surface area contributed by atoms with Crippen LogP contribution in [0.3, 0.4) is 0 Å². The second-order valence-electron chi connectivity index (χ2n) is 5.24. The maximum Gasteiger partial charge on any atom is 0.408 e. The normalized spacial score (nSPS) is 16.0. The summed E-state index contributed by atoms with van der Waals surface area (Å²) in [5, 5.41) is 20.2. The predicted octanol–water partition coefficient (Wildman–Crippen LogP) is 1.76. The van der Waals surface area contributed by atoms with E-state index in [0.29, 0.717) is 0 Å². The maximum atomic E-state index is 11.5. The summed E-state index contributed by atoms with van der Waals surface area (Å²) < 4.78 is 5.01. The minimum atomic E-state index is -1.01. The molecule has 0 saturated carbocycles. The molecule has 0 aromatic carbocycles. The molecule has 0 fully saturated rings. The van der Waals surface area contributed by atoms with Crippen molar-refractivity contribution in [3.8, 4) is 6.07 Å². The number of alkyl carbamates (subject to hydrolysis) is 1. The Morgan fingerprint density at radius 1 is 1.33 bits per heavy atom. The molecular weight excluding hydrogens is 236 g/mol. The lowest BCUT2D eigenvalue weighted by Gasteiger charge is -2.25. The van der Waals surface area contributed by atoms with E-state index in [1.807, 2.05) is 6.07 Å². The van der Waals surface area contributed by atoms with Crippen LogP contribution in [0.25, 0.3) is 0 Å². The first-order chi connectivity index (χ1) is 8.08. The van der Waals surface area contributed by atoms with Gasteiger partial charge in [0.05, 0.1) is 12.0 Å². The van der Waals surface area contributed by atoms with Gasteiger partial charge in [-0.25, -0.2) is 4.79 Å². The van der Waals surface area contributed by atoms with Gasteiger partial charge in [-0.15, -0.1) is 0 Å². The lowest BCUT2D eigenvalue weighted by atomic mass is 9.90. The average Bonchev–Trinajstić information content (AvgIpc) is 2.21. The molecule has 0 rings (SSSR count). The summed E-state index contributed by atoms with van der Waals surface area (Å²) in [4.78, 5) is 22.3. The van der Waals surface area contributed by atoms with Gasteiger partial charge in [-0.2, -0.15) is 5.26 Å². The highest BCUT2D eigenvalue weighted by Crippen LogP contribution is 2.16. The molecule has 3 atom stereocenters. The van der Waals surface area contributed by atoms with E-state index in [-0.39, 0.29) is 0 Å². The van der Waals surface area contributed by atoms with Crippen molar-refractivity contribution < 1.29 is 19.4 Å². The summed E-state index contributed by atoms with van der Waals surface area (Å²) in [6.07, 6.45) is -0.724. The van der Waals surface area contributed by atoms with Crippen molar-refractivity contribution >= 4 is 12.1 Å². The highest BCUT2D eigenvalue weighted by atomic mass is 16.6. The number of carbonyl (C=O) groups is 2. The largest absolute Gasteiger partial charge is 0.481 e. The van der Waals surface area contributed by atoms with Gasteiger partial charge >= 0.3 is 12.1 Å². The Balaban J connectivity index is 4.59. The zero-order valence-corrected chi connectivity index (χ0v) is 11.4. The number of hydrogen-bond donors (Lipinski definition) is 2. The smallest absolute Gasteiger partial charge is 0.408 e. The van der Waals surface area contributed by atoms with Crippen LogP contribution < -0.4 is 5.32 Å². The Bertz CT molecular complexity index is 354. The third-order valence-electron chi connectivity index (χ3n) is 2.52. The van der Waals surface area contributed by atoms with Gasteiger partial charge in [0, 0.05) is 5.92 Å². The molecule has 0 spiro atoms. The van der Waals surface area contributed by atoms with Gasteiger partial charge in [-0.3, -0.25) is 4.79 Å². The summed E-state index contributed by atoms with van der Waals surface area (Å²) in [6.45, 7) is 8.21. The second-order valence-corrected chi connectivity index (χ2v) is 5.24. The van der Waals surface area contributed by atoms with Crippen molar-refractivity contribution in [3.05, 3.63) is 0 Å². The van der Waals surface area contributed by atoms with Crippen molar-refractivity contribution in [2.75, 3.05) is 0 Å². The molecule has 0 aromatic rings. The minimum Gasteiger partial charge on any atom is -0.481 e. The molecular formula is C12H20N2O4. The number of aliphatic carboxylic acids is 1. The summed E-state index contributed by atoms with van der Waals surface area (Å²) in [7, 11) is 0. The number of carboxylic acid groups (broad SMARTS) is 1. The van der Waals surface area contributed by atoms with Gasteiger partial charge in [0.2, 0.25) is 0 Å². The zero-order chi connectivity index (χ0) is 14.5. The number of amides is 1. The Morgan fingerprint density at radius 2 is 1.83 bits per heavy atom. The van der Waals surface area contributed by atoms with Gasteiger partial charge in [-0.1, -0.05) is 13.8 Å². The van der Waals surface area contributed by atoms with Gasteiger partial charge in [-0.05, 0) is 20.8 Å². The number of rotatable bonds is 4. The fraction of sp³-hybridized carbons (Fsp3) is 0.750. The molecule has 102 valence electrons. The summed E-state index contributed by atoms with van der Waals surface area (Å²) in [6, 6.07) is 0.982. The molecule has 0 saturated heterocycles. The number of carboxylic acids is 1. The first-order valence-corrected chi connectivity index (χ1v) is 5.70. The van der Waals surface area contributed by atoms with Crippen LogP contribution in [0.4, 0.5) is 4.79 Å². The Kier molecular flexibility index (Phi) is 5.63. The fourth-order valence-electron chi connectivity index (χ4n) is 1.23. The lowest BCUT2D eigenvalue weighted by molar-refractivity contribution is -0.142. The molecule has 3 unspecified atom stereocenters. The number of nitrogens with one attached hydrogen (secondary N) is 1. The van der Waals surface area contributed by atoms with Crippen LogP contribution in [-0.2, 0) is 9.53 Å². The second kappa shape index (κ2) is 6.24. The zero-order valence-electron chi connectivity index (χ0n) is 11.4. The van der Waals surface area contributed by atoms with Crippen LogP contribution >= 0.6 is 0 Å². The monoisotopic (exact) mass is 256 g/mol. The highest BCUT2D eigenvalue weighted by molar-refractivity contribution is 5.71. The minimum absolute atomic E-state index is 0.514. The molecule has 18 heavy (non-hydrogen) atoms. The van der Waals surface area contributed by atoms with Crippen molar-refractivity contribution in [3.63, 3.8) is 0 Å². The van der Waals surface area contributed by atoms with Crippen molar-refractivity contribution in [1.29, 1.82) is 5.26 Å². The third-order valence-corrected chi connectivity index (χ3v) is 2.52. The van der Waals surface area contributed by atoms with E-state index in [4.69, 9.17) is 15.1 Å². The highest BCUT2D eigenvalue weighted by Gasteiger charge is 2.29. The van der Waals surface area contributed by atoms with E-state index in [1.165, 1.54) is 6.92 Å². The van der Waals surface area contributed by atoms with E-state index in [1.54, 1.807) is 27.7 Å². The number of hydrogen-bond acceptors (Lipinski definition) is 4. The van der Waals surface area contributed by atoms with Gasteiger partial charge < -0.3 is 15.2 Å². The lowest BCUT2D eigenvalue weighted by Crippen LogP contribution is -2.44. The molecule has 0 aromatic heterocycles. The van der Waals surface area contributed by atoms with Crippen LogP contribution in [0, 0.1) is 23.2 Å². The number of nitrogens with zero attached hydrogens (tertiary/aromatic N) is 1. The van der Waals surface area contributed by atoms with Crippen LogP contribution in [0.1, 0.15) is 34.6 Å². The van der Waals surface area contributed by atoms with E-state index in [9.17, 15) is 9.59 Å². The Labute approximate surface area is 107 Å². The van der Waals surface area contributed by atoms with E-state index < -0.39 is 35.5 Å². The standard InChI is InChI=1S/C12H20N2O4/c1-7(8(2)10(15)16)9(6-13)14-11(17)18-12(3,4)5/h7-9H,1-5H3,(H,14,17)(H,15,16). The maximum absolute atomic E-state index is 11.5. The van der Waals surface area contributed by atoms with Gasteiger partial charge in [0.25, 0.3) is 0 Å². The number of nitriles is 1. The molecule has 1 amide bonds. The van der Waals surface area contributed by atoms with E-state index in [0.717, 1.165) is 0 Å². The quantitative estimate of drug-likeness (QED) is 0.798. The molecule has 0 bridgehead atoms. The van der Waals surface area contributed by atoms with Gasteiger partial charge in [0.15, 0.2) is 0 Å². The molecule has 0 aliphatic rings. The first kappa shape index (κ1) is 16.2. The molecule has 0 heterocycles. The predicted molar refractivity (Wildman–Crippen MR) is 64.7 cm³/mol. The number of carbonyl (C=O) groups excluding carboxylic acids is 1. The Morgan fingerprint density at radius 3 is 2.17 bits per heavy atom.